The molecule has 0 aliphatic heterocycles. The Kier molecular flexibility index (Phi) is 6.53. The third-order valence-corrected chi connectivity index (χ3v) is 2.62. The van der Waals surface area contributed by atoms with Crippen LogP contribution in [0.2, 0.25) is 0 Å². The first kappa shape index (κ1) is 15.3. The van der Waals surface area contributed by atoms with Crippen LogP contribution in [0, 0.1) is 5.41 Å². The molecule has 0 spiro atoms. The largest absolute Gasteiger partial charge is 0.309 e. The van der Waals surface area contributed by atoms with Gasteiger partial charge in [0.1, 0.15) is 6.33 Å². The molecule has 0 amide bonds. The Morgan fingerprint density at radius 3 is 2.25 bits per heavy atom. The van der Waals surface area contributed by atoms with Crippen LogP contribution in [0.3, 0.4) is 0 Å². The number of hydrogen-bond acceptors (Lipinski definition) is 3. The van der Waals surface area contributed by atoms with E-state index in [1.54, 1.807) is 6.33 Å². The van der Waals surface area contributed by atoms with Crippen LogP contribution < -0.4 is 5.32 Å². The van der Waals surface area contributed by atoms with Crippen LogP contribution in [0.25, 0.3) is 0 Å². The number of halogens is 1. The van der Waals surface area contributed by atoms with Crippen molar-refractivity contribution in [1.29, 1.82) is 0 Å². The zero-order chi connectivity index (χ0) is 11.3. The fourth-order valence-electron chi connectivity index (χ4n) is 1.73. The van der Waals surface area contributed by atoms with Gasteiger partial charge in [0.25, 0.3) is 0 Å². The van der Waals surface area contributed by atoms with Crippen molar-refractivity contribution < 1.29 is 0 Å². The van der Waals surface area contributed by atoms with Crippen molar-refractivity contribution in [2.75, 3.05) is 0 Å². The predicted molar refractivity (Wildman–Crippen MR) is 69.7 cm³/mol. The highest BCUT2D eigenvalue weighted by atomic mass is 35.5. The standard InChI is InChI=1S/C12H21N3.ClH/c1-5-11(12(2,3)4)15-8-10-6-13-9-14-7-10;/h6-7,9,11,15H,5,8H2,1-4H3;1H. The molecule has 0 bridgehead atoms. The van der Waals surface area contributed by atoms with Gasteiger partial charge in [-0.05, 0) is 11.8 Å². The van der Waals surface area contributed by atoms with Crippen molar-refractivity contribution in [3.05, 3.63) is 24.3 Å². The van der Waals surface area contributed by atoms with Crippen molar-refractivity contribution >= 4 is 12.4 Å². The quantitative estimate of drug-likeness (QED) is 0.884. The maximum atomic E-state index is 4.00. The van der Waals surface area contributed by atoms with Crippen LogP contribution in [0.1, 0.15) is 39.7 Å². The molecule has 0 radical (unpaired) electrons. The molecule has 0 saturated heterocycles. The Morgan fingerprint density at radius 2 is 1.81 bits per heavy atom. The molecule has 0 aromatic carbocycles. The van der Waals surface area contributed by atoms with E-state index in [9.17, 15) is 0 Å². The van der Waals surface area contributed by atoms with Gasteiger partial charge < -0.3 is 5.32 Å². The lowest BCUT2D eigenvalue weighted by Gasteiger charge is -2.30. The van der Waals surface area contributed by atoms with Crippen molar-refractivity contribution in [1.82, 2.24) is 15.3 Å². The minimum absolute atomic E-state index is 0. The van der Waals surface area contributed by atoms with Crippen molar-refractivity contribution in [3.63, 3.8) is 0 Å². The normalized spacial score (nSPS) is 13.0. The summed E-state index contributed by atoms with van der Waals surface area (Å²) in [6, 6.07) is 0.526. The number of nitrogens with one attached hydrogen (secondary N) is 1. The van der Waals surface area contributed by atoms with Crippen LogP contribution in [0.4, 0.5) is 0 Å². The van der Waals surface area contributed by atoms with Crippen molar-refractivity contribution in [2.24, 2.45) is 5.41 Å². The predicted octanol–water partition coefficient (Wildman–Crippen LogP) is 2.81. The Hall–Kier alpha value is -0.670. The van der Waals surface area contributed by atoms with Gasteiger partial charge in [0, 0.05) is 30.5 Å². The van der Waals surface area contributed by atoms with E-state index in [2.05, 4.69) is 43.0 Å². The van der Waals surface area contributed by atoms with E-state index in [1.807, 2.05) is 12.4 Å². The Labute approximate surface area is 104 Å². The van der Waals surface area contributed by atoms with E-state index in [4.69, 9.17) is 0 Å². The van der Waals surface area contributed by atoms with Gasteiger partial charge in [0.05, 0.1) is 0 Å². The molecule has 1 aromatic rings. The summed E-state index contributed by atoms with van der Waals surface area (Å²) < 4.78 is 0. The molecule has 1 heterocycles. The third-order valence-electron chi connectivity index (χ3n) is 2.62. The van der Waals surface area contributed by atoms with Gasteiger partial charge in [0.2, 0.25) is 0 Å². The molecule has 16 heavy (non-hydrogen) atoms. The average Bonchev–Trinajstić information content (AvgIpc) is 2.18. The van der Waals surface area contributed by atoms with Gasteiger partial charge >= 0.3 is 0 Å². The molecule has 0 aliphatic carbocycles. The lowest BCUT2D eigenvalue weighted by Crippen LogP contribution is -2.39. The van der Waals surface area contributed by atoms with Gasteiger partial charge in [-0.2, -0.15) is 0 Å². The van der Waals surface area contributed by atoms with E-state index in [1.165, 1.54) is 0 Å². The monoisotopic (exact) mass is 243 g/mol. The Morgan fingerprint density at radius 1 is 1.25 bits per heavy atom. The third kappa shape index (κ3) is 4.90. The number of nitrogens with zero attached hydrogens (tertiary/aromatic N) is 2. The lowest BCUT2D eigenvalue weighted by atomic mass is 9.85. The molecule has 1 N–H and O–H groups in total. The second kappa shape index (κ2) is 6.81. The van der Waals surface area contributed by atoms with E-state index < -0.39 is 0 Å². The number of aromatic nitrogens is 2. The molecule has 1 atom stereocenters. The molecule has 0 saturated carbocycles. The molecular formula is C12H22ClN3. The Balaban J connectivity index is 0.00000225. The highest BCUT2D eigenvalue weighted by molar-refractivity contribution is 5.85. The second-order valence-corrected chi connectivity index (χ2v) is 4.95. The van der Waals surface area contributed by atoms with Gasteiger partial charge in [-0.15, -0.1) is 12.4 Å². The fourth-order valence-corrected chi connectivity index (χ4v) is 1.73. The zero-order valence-electron chi connectivity index (χ0n) is 10.5. The minimum atomic E-state index is 0. The summed E-state index contributed by atoms with van der Waals surface area (Å²) in [6.07, 6.45) is 6.41. The SMILES string of the molecule is CCC(NCc1cncnc1)C(C)(C)C.Cl. The molecule has 4 heteroatoms. The summed E-state index contributed by atoms with van der Waals surface area (Å²) in [7, 11) is 0. The summed E-state index contributed by atoms with van der Waals surface area (Å²) >= 11 is 0. The van der Waals surface area contributed by atoms with Gasteiger partial charge in [-0.1, -0.05) is 27.7 Å². The summed E-state index contributed by atoms with van der Waals surface area (Å²) in [6.45, 7) is 9.84. The first-order valence-electron chi connectivity index (χ1n) is 5.51. The molecule has 1 rings (SSSR count). The zero-order valence-corrected chi connectivity index (χ0v) is 11.3. The molecule has 1 unspecified atom stereocenters. The maximum absolute atomic E-state index is 4.00. The fraction of sp³-hybridized carbons (Fsp3) is 0.667. The molecule has 3 nitrogen and oxygen atoms in total. The minimum Gasteiger partial charge on any atom is -0.309 e. The van der Waals surface area contributed by atoms with Crippen LogP contribution in [-0.2, 0) is 6.54 Å². The topological polar surface area (TPSA) is 37.8 Å². The molecule has 1 aromatic heterocycles. The van der Waals surface area contributed by atoms with Gasteiger partial charge in [0.15, 0.2) is 0 Å². The number of rotatable bonds is 4. The van der Waals surface area contributed by atoms with Crippen LogP contribution in [-0.4, -0.2) is 16.0 Å². The van der Waals surface area contributed by atoms with Crippen LogP contribution in [0.5, 0.6) is 0 Å². The highest BCUT2D eigenvalue weighted by Gasteiger charge is 2.21. The summed E-state index contributed by atoms with van der Waals surface area (Å²) in [5.41, 5.74) is 1.44. The average molecular weight is 244 g/mol. The smallest absolute Gasteiger partial charge is 0.115 e. The van der Waals surface area contributed by atoms with E-state index >= 15 is 0 Å². The summed E-state index contributed by atoms with van der Waals surface area (Å²) in [5, 5.41) is 3.55. The highest BCUT2D eigenvalue weighted by Crippen LogP contribution is 2.21. The number of hydrogen-bond donors (Lipinski definition) is 1. The Bertz CT molecular complexity index is 282. The first-order chi connectivity index (χ1) is 7.04. The van der Waals surface area contributed by atoms with E-state index in [-0.39, 0.29) is 12.4 Å². The van der Waals surface area contributed by atoms with E-state index in [0.717, 1.165) is 18.5 Å². The van der Waals surface area contributed by atoms with Gasteiger partial charge in [-0.25, -0.2) is 9.97 Å². The summed E-state index contributed by atoms with van der Waals surface area (Å²) in [5.74, 6) is 0. The van der Waals surface area contributed by atoms with Crippen molar-refractivity contribution in [2.45, 2.75) is 46.7 Å². The van der Waals surface area contributed by atoms with Crippen molar-refractivity contribution in [3.8, 4) is 0 Å². The maximum Gasteiger partial charge on any atom is 0.115 e. The second-order valence-electron chi connectivity index (χ2n) is 4.95. The first-order valence-corrected chi connectivity index (χ1v) is 5.51. The molecular weight excluding hydrogens is 222 g/mol. The lowest BCUT2D eigenvalue weighted by molar-refractivity contribution is 0.259. The summed E-state index contributed by atoms with van der Waals surface area (Å²) in [4.78, 5) is 8.00. The van der Waals surface area contributed by atoms with E-state index in [0.29, 0.717) is 11.5 Å². The molecule has 0 fully saturated rings. The van der Waals surface area contributed by atoms with Gasteiger partial charge in [-0.3, -0.25) is 0 Å². The molecule has 0 aliphatic rings. The molecule has 92 valence electrons. The van der Waals surface area contributed by atoms with Crippen LogP contribution in [0.15, 0.2) is 18.7 Å². The van der Waals surface area contributed by atoms with Crippen LogP contribution >= 0.6 is 12.4 Å².